The molecule has 0 aliphatic carbocycles. The number of aliphatic carboxylic acids is 8. The molecule has 1 aromatic rings. The van der Waals surface area contributed by atoms with E-state index in [1.807, 2.05) is 52.2 Å². The van der Waals surface area contributed by atoms with E-state index >= 15 is 4.11 Å². The fourth-order valence-electron chi connectivity index (χ4n) is 10.7. The van der Waals surface area contributed by atoms with Crippen LogP contribution in [0.25, 0.3) is 0 Å². The lowest BCUT2D eigenvalue weighted by molar-refractivity contribution is -0.143. The quantitative estimate of drug-likeness (QED) is 0.0193. The van der Waals surface area contributed by atoms with Crippen LogP contribution < -0.4 is 47.7 Å². The monoisotopic (exact) mass is 1400 g/mol. The maximum Gasteiger partial charge on any atom is 0.326 e. The number of unbranched alkanes of at least 4 members (excludes halogenated alkanes) is 1. The van der Waals surface area contributed by atoms with E-state index < -0.39 is 190 Å². The Labute approximate surface area is 560 Å². The van der Waals surface area contributed by atoms with Crippen molar-refractivity contribution in [2.24, 2.45) is 0 Å². The van der Waals surface area contributed by atoms with Gasteiger partial charge in [-0.05, 0) is 72.3 Å². The predicted octanol–water partition coefficient (Wildman–Crippen LogP) is -1.95. The SMILES string of the molecule is CC(C)(C)[Si](F)(c1ccc(C(=O)NC[C@@H](NC(=O)CN2CCN(CC(=O)O)CCN(CC(=O)O)CCN(CC(=O)O)CC2)C(=O)NC(CCCCNC(=O)CCC(=O)NCCC[C@@H](NC(=O)CC[C@H](NC(=O)N[C@@H](CCC(=O)O)C(=O)O)C(=O)O)C(=O)O)C(=O)O)cc1)C(C)(C)C. The molecule has 1 saturated heterocycles. The molecule has 0 spiro atoms. The highest BCUT2D eigenvalue weighted by atomic mass is 28.4. The van der Waals surface area contributed by atoms with Gasteiger partial charge < -0.3 is 87.5 Å². The lowest BCUT2D eigenvalue weighted by atomic mass is 10.1. The van der Waals surface area contributed by atoms with Gasteiger partial charge in [-0.25, -0.2) is 24.0 Å². The summed E-state index contributed by atoms with van der Waals surface area (Å²) in [6, 6.07) is -3.44. The molecule has 1 aliphatic rings. The fraction of sp³-hybridized carbons (Fsp3) is 0.650. The average Bonchev–Trinajstić information content (AvgIpc) is 0.749. The number of rotatable bonds is 40. The van der Waals surface area contributed by atoms with Gasteiger partial charge in [0, 0.05) is 103 Å². The first kappa shape index (κ1) is 84.1. The van der Waals surface area contributed by atoms with Crippen LogP contribution in [0.3, 0.4) is 0 Å². The summed E-state index contributed by atoms with van der Waals surface area (Å²) >= 11 is 0. The van der Waals surface area contributed by atoms with E-state index in [0.717, 1.165) is 0 Å². The van der Waals surface area contributed by atoms with E-state index in [4.69, 9.17) is 5.11 Å². The van der Waals surface area contributed by atoms with Crippen LogP contribution in [0.4, 0.5) is 8.90 Å². The number of carboxylic acid groups (broad SMARTS) is 8. The van der Waals surface area contributed by atoms with E-state index in [0.29, 0.717) is 5.19 Å². The van der Waals surface area contributed by atoms with Gasteiger partial charge in [-0.2, -0.15) is 0 Å². The number of carbonyl (C=O) groups excluding carboxylic acids is 7. The summed E-state index contributed by atoms with van der Waals surface area (Å²) < 4.78 is 17.1. The van der Waals surface area contributed by atoms with Crippen LogP contribution >= 0.6 is 0 Å². The van der Waals surface area contributed by atoms with Crippen LogP contribution in [0.5, 0.6) is 0 Å². The number of nitrogens with zero attached hydrogens (tertiary/aromatic N) is 4. The van der Waals surface area contributed by atoms with Crippen LogP contribution in [0.1, 0.15) is 123 Å². The van der Waals surface area contributed by atoms with Crippen molar-refractivity contribution in [1.29, 1.82) is 0 Å². The van der Waals surface area contributed by atoms with E-state index in [9.17, 15) is 108 Å². The van der Waals surface area contributed by atoms with Gasteiger partial charge in [-0.1, -0.05) is 53.7 Å². The number of hydrogen-bond acceptors (Lipinski definition) is 19. The van der Waals surface area contributed by atoms with Crippen molar-refractivity contribution in [2.75, 3.05) is 98.2 Å². The number of benzene rings is 1. The van der Waals surface area contributed by atoms with Gasteiger partial charge in [0.1, 0.15) is 30.2 Å². The Morgan fingerprint density at radius 1 is 0.412 bits per heavy atom. The van der Waals surface area contributed by atoms with Gasteiger partial charge >= 0.3 is 53.8 Å². The lowest BCUT2D eigenvalue weighted by Crippen LogP contribution is -2.58. The van der Waals surface area contributed by atoms with Gasteiger partial charge in [0.25, 0.3) is 14.3 Å². The highest BCUT2D eigenvalue weighted by molar-refractivity contribution is 6.90. The largest absolute Gasteiger partial charge is 0.481 e. The smallest absolute Gasteiger partial charge is 0.326 e. The molecule has 1 fully saturated rings. The third-order valence-electron chi connectivity index (χ3n) is 15.7. The van der Waals surface area contributed by atoms with Crippen molar-refractivity contribution in [3.63, 3.8) is 0 Å². The summed E-state index contributed by atoms with van der Waals surface area (Å²) in [6.45, 7) is 9.06. The minimum Gasteiger partial charge on any atom is -0.481 e. The summed E-state index contributed by atoms with van der Waals surface area (Å²) in [6.07, 6.45) is -3.03. The van der Waals surface area contributed by atoms with Crippen molar-refractivity contribution in [3.8, 4) is 0 Å². The van der Waals surface area contributed by atoms with Crippen molar-refractivity contribution in [3.05, 3.63) is 29.8 Å². The molecule has 1 aliphatic heterocycles. The number of urea groups is 1. The van der Waals surface area contributed by atoms with Gasteiger partial charge in [0.05, 0.1) is 26.2 Å². The number of carbonyl (C=O) groups is 15. The molecule has 5 atom stereocenters. The Kier molecular flexibility index (Phi) is 35.8. The van der Waals surface area contributed by atoms with Gasteiger partial charge in [0.15, 0.2) is 0 Å². The maximum absolute atomic E-state index is 17.1. The molecule has 0 bridgehead atoms. The van der Waals surface area contributed by atoms with Crippen molar-refractivity contribution in [1.82, 2.24) is 62.1 Å². The van der Waals surface area contributed by atoms with E-state index in [-0.39, 0.29) is 123 Å². The normalized spacial score (nSPS) is 15.5. The molecule has 35 nitrogen and oxygen atoms in total. The first-order chi connectivity index (χ1) is 45.2. The van der Waals surface area contributed by atoms with Gasteiger partial charge in [0.2, 0.25) is 29.5 Å². The minimum absolute atomic E-state index is 0.00362. The number of carboxylic acids is 8. The highest BCUT2D eigenvalue weighted by Crippen LogP contribution is 2.51. The molecule has 2 rings (SSSR count). The molecule has 0 saturated carbocycles. The fourth-order valence-corrected chi connectivity index (χ4v) is 15.3. The first-order valence-electron chi connectivity index (χ1n) is 31.5. The summed E-state index contributed by atoms with van der Waals surface area (Å²) in [7, 11) is -3.74. The molecule has 97 heavy (non-hydrogen) atoms. The van der Waals surface area contributed by atoms with Crippen LogP contribution in [0, 0.1) is 0 Å². The summed E-state index contributed by atoms with van der Waals surface area (Å²) in [5.41, 5.74) is 0.0755. The van der Waals surface area contributed by atoms with E-state index in [1.165, 1.54) is 34.1 Å². The summed E-state index contributed by atoms with van der Waals surface area (Å²) in [5, 5.41) is 94.0. The first-order valence-corrected chi connectivity index (χ1v) is 33.4. The standard InChI is InChI=1S/C60H95FN12O23Si/c1-59(2,3)97(61,60(4,5)6)38-14-12-37(13-15-38)52(86)64-32-43(66-47(77)33-70-24-26-71(34-49(80)81)28-30-73(36-51(84)85)31-29-72(27-25-70)35-50(82)83)53(87)67-40(55(90)91)10-7-8-22-62-44(74)19-20-45(75)63-23-9-11-39(54(88)89)65-46(76)18-16-41(56(92)93)68-58(96)69-42(57(94)95)17-21-48(78)79/h12-15,39-43H,7-11,16-36H2,1-6H3,(H,62,74)(H,63,75)(H,64,86)(H,65,76)(H,66,77)(H,67,87)(H,78,79)(H,80,81)(H,82,83)(H,84,85)(H,88,89)(H,90,91)(H,92,93)(H,94,95)(H2,68,69,96)/t39-,40?,41+,42+,43-/m1/s1. The molecule has 0 aromatic heterocycles. The number of halogens is 1. The molecule has 16 N–H and O–H groups in total. The summed E-state index contributed by atoms with van der Waals surface area (Å²) in [4.78, 5) is 192. The third-order valence-corrected chi connectivity index (χ3v) is 20.9. The average molecular weight is 1400 g/mol. The van der Waals surface area contributed by atoms with Crippen LogP contribution in [-0.4, -0.2) is 286 Å². The molecule has 1 heterocycles. The van der Waals surface area contributed by atoms with E-state index in [1.54, 1.807) is 9.80 Å². The molecule has 8 amide bonds. The number of hydrogen-bond donors (Lipinski definition) is 16. The highest BCUT2D eigenvalue weighted by Gasteiger charge is 2.56. The second kappa shape index (κ2) is 41.2. The van der Waals surface area contributed by atoms with Gasteiger partial charge in [-0.3, -0.25) is 67.5 Å². The minimum atomic E-state index is -3.74. The second-order valence-electron chi connectivity index (χ2n) is 25.4. The Hall–Kier alpha value is -8.94. The third kappa shape index (κ3) is 32.1. The van der Waals surface area contributed by atoms with E-state index in [2.05, 4.69) is 31.9 Å². The Morgan fingerprint density at radius 2 is 0.784 bits per heavy atom. The predicted molar refractivity (Wildman–Crippen MR) is 343 cm³/mol. The zero-order valence-electron chi connectivity index (χ0n) is 55.4. The lowest BCUT2D eigenvalue weighted by Gasteiger charge is -2.44. The topological polar surface area (TPSA) is 527 Å². The molecule has 1 aromatic carbocycles. The zero-order valence-corrected chi connectivity index (χ0v) is 56.4. The van der Waals surface area contributed by atoms with Crippen LogP contribution in [0.2, 0.25) is 10.1 Å². The van der Waals surface area contributed by atoms with Crippen molar-refractivity contribution in [2.45, 2.75) is 152 Å². The molecule has 1 unspecified atom stereocenters. The van der Waals surface area contributed by atoms with Crippen LogP contribution in [-0.2, 0) is 62.3 Å². The van der Waals surface area contributed by atoms with Crippen molar-refractivity contribution >= 4 is 103 Å². The Balaban J connectivity index is 2.11. The zero-order chi connectivity index (χ0) is 73.4. The molecular weight excluding hydrogens is 1300 g/mol. The molecular formula is C60H95FN12O23Si. The van der Waals surface area contributed by atoms with Crippen molar-refractivity contribution < 1.29 is 117 Å². The Bertz CT molecular complexity index is 2870. The number of nitrogens with one attached hydrogen (secondary N) is 8. The van der Waals surface area contributed by atoms with Crippen LogP contribution in [0.15, 0.2) is 24.3 Å². The number of amides is 8. The Morgan fingerprint density at radius 3 is 1.19 bits per heavy atom. The summed E-state index contributed by atoms with van der Waals surface area (Å²) in [5.74, 6) is -15.7. The molecule has 0 radical (unpaired) electrons. The maximum atomic E-state index is 17.1. The van der Waals surface area contributed by atoms with Gasteiger partial charge in [-0.15, -0.1) is 0 Å². The molecule has 544 valence electrons. The molecule has 37 heteroatoms. The second-order valence-corrected chi connectivity index (χ2v) is 30.3.